The summed E-state index contributed by atoms with van der Waals surface area (Å²) in [5.74, 6) is -1.15. The van der Waals surface area contributed by atoms with Gasteiger partial charge in [0.15, 0.2) is 6.61 Å². The second-order valence-corrected chi connectivity index (χ2v) is 7.33. The number of rotatable bonds is 8. The number of carbonyl (C=O) groups excluding carboxylic acids is 3. The number of ether oxygens (including phenoxy) is 1. The molecule has 0 atom stereocenters. The monoisotopic (exact) mass is 466 g/mol. The molecule has 0 aliphatic heterocycles. The van der Waals surface area contributed by atoms with E-state index in [1.807, 2.05) is 19.1 Å². The Morgan fingerprint density at radius 1 is 1.11 bits per heavy atom. The number of amides is 2. The first-order chi connectivity index (χ1) is 13.3. The Morgan fingerprint density at radius 2 is 1.82 bits per heavy atom. The predicted molar refractivity (Wildman–Crippen MR) is 111 cm³/mol. The lowest BCUT2D eigenvalue weighted by Gasteiger charge is -2.08. The van der Waals surface area contributed by atoms with Crippen LogP contribution in [0.3, 0.4) is 0 Å². The number of carbonyl (C=O) groups is 3. The van der Waals surface area contributed by atoms with Gasteiger partial charge in [-0.25, -0.2) is 0 Å². The lowest BCUT2D eigenvalue weighted by Crippen LogP contribution is -2.25. The van der Waals surface area contributed by atoms with Crippen molar-refractivity contribution in [3.05, 3.63) is 63.1 Å². The zero-order valence-corrected chi connectivity index (χ0v) is 17.6. The summed E-state index contributed by atoms with van der Waals surface area (Å²) in [5.41, 5.74) is 2.11. The maximum absolute atomic E-state index is 11.9. The molecule has 0 unspecified atom stereocenters. The van der Waals surface area contributed by atoms with Crippen LogP contribution in [0.5, 0.6) is 0 Å². The fraction of sp³-hybridized carbons (Fsp3) is 0.250. The van der Waals surface area contributed by atoms with Crippen molar-refractivity contribution in [1.29, 1.82) is 0 Å². The van der Waals surface area contributed by atoms with Gasteiger partial charge in [-0.3, -0.25) is 14.4 Å². The van der Waals surface area contributed by atoms with Crippen molar-refractivity contribution in [2.75, 3.05) is 18.5 Å². The van der Waals surface area contributed by atoms with Crippen molar-refractivity contribution >= 4 is 51.0 Å². The number of benzene rings is 2. The summed E-state index contributed by atoms with van der Waals surface area (Å²) in [6.07, 6.45) is 0.511. The van der Waals surface area contributed by atoms with Crippen molar-refractivity contribution in [3.63, 3.8) is 0 Å². The van der Waals surface area contributed by atoms with Crippen LogP contribution in [-0.2, 0) is 14.3 Å². The molecule has 28 heavy (non-hydrogen) atoms. The molecule has 2 rings (SSSR count). The molecule has 0 saturated heterocycles. The van der Waals surface area contributed by atoms with Crippen LogP contribution in [0.1, 0.15) is 28.8 Å². The van der Waals surface area contributed by atoms with Crippen LogP contribution >= 0.6 is 27.5 Å². The molecule has 0 aromatic heterocycles. The van der Waals surface area contributed by atoms with E-state index in [2.05, 4.69) is 26.6 Å². The maximum atomic E-state index is 11.9. The third kappa shape index (κ3) is 7.32. The Morgan fingerprint density at radius 3 is 2.50 bits per heavy atom. The number of esters is 1. The second-order valence-electron chi connectivity index (χ2n) is 6.04. The Balaban J connectivity index is 1.62. The number of aryl methyl sites for hydroxylation is 1. The van der Waals surface area contributed by atoms with Crippen LogP contribution in [-0.4, -0.2) is 30.9 Å². The van der Waals surface area contributed by atoms with Gasteiger partial charge in [-0.1, -0.05) is 27.5 Å². The van der Waals surface area contributed by atoms with E-state index in [4.69, 9.17) is 16.3 Å². The lowest BCUT2D eigenvalue weighted by atomic mass is 10.2. The van der Waals surface area contributed by atoms with Crippen LogP contribution in [0.2, 0.25) is 5.02 Å². The predicted octanol–water partition coefficient (Wildman–Crippen LogP) is 4.10. The molecule has 148 valence electrons. The molecular weight excluding hydrogens is 448 g/mol. The molecule has 0 fully saturated rings. The first-order valence-electron chi connectivity index (χ1n) is 8.60. The van der Waals surface area contributed by atoms with Gasteiger partial charge in [0.25, 0.3) is 11.8 Å². The molecule has 0 spiro atoms. The van der Waals surface area contributed by atoms with Crippen molar-refractivity contribution in [2.24, 2.45) is 0 Å². The van der Waals surface area contributed by atoms with E-state index in [9.17, 15) is 14.4 Å². The summed E-state index contributed by atoms with van der Waals surface area (Å²) in [6.45, 7) is 1.87. The van der Waals surface area contributed by atoms with Gasteiger partial charge in [-0.05, 0) is 61.4 Å². The Labute approximate surface area is 176 Å². The van der Waals surface area contributed by atoms with E-state index < -0.39 is 11.9 Å². The maximum Gasteiger partial charge on any atom is 0.306 e. The molecule has 0 aliphatic carbocycles. The van der Waals surface area contributed by atoms with Crippen molar-refractivity contribution in [3.8, 4) is 0 Å². The average Bonchev–Trinajstić information content (AvgIpc) is 2.67. The van der Waals surface area contributed by atoms with Crippen LogP contribution in [0, 0.1) is 6.92 Å². The minimum absolute atomic E-state index is 0.103. The summed E-state index contributed by atoms with van der Waals surface area (Å²) in [6, 6.07) is 11.9. The van der Waals surface area contributed by atoms with Crippen LogP contribution < -0.4 is 10.6 Å². The SMILES string of the molecule is Cc1cc(NC(=O)COC(=O)CCCNC(=O)c2ccc(Cl)cc2)ccc1Br. The zero-order valence-electron chi connectivity index (χ0n) is 15.3. The highest BCUT2D eigenvalue weighted by molar-refractivity contribution is 9.10. The summed E-state index contributed by atoms with van der Waals surface area (Å²) in [4.78, 5) is 35.5. The topological polar surface area (TPSA) is 84.5 Å². The Kier molecular flexibility index (Phi) is 8.47. The van der Waals surface area contributed by atoms with Crippen LogP contribution in [0.15, 0.2) is 46.9 Å². The molecule has 6 nitrogen and oxygen atoms in total. The van der Waals surface area contributed by atoms with Gasteiger partial charge in [0.1, 0.15) is 0 Å². The van der Waals surface area contributed by atoms with Crippen LogP contribution in [0.25, 0.3) is 0 Å². The molecule has 2 N–H and O–H groups in total. The average molecular weight is 468 g/mol. The highest BCUT2D eigenvalue weighted by Gasteiger charge is 2.09. The molecule has 8 heteroatoms. The third-order valence-corrected chi connectivity index (χ3v) is 4.90. The van der Waals surface area contributed by atoms with Gasteiger partial charge in [0, 0.05) is 33.7 Å². The van der Waals surface area contributed by atoms with Gasteiger partial charge >= 0.3 is 5.97 Å². The molecule has 2 aromatic carbocycles. The standard InChI is InChI=1S/C20H20BrClN2O4/c1-13-11-16(8-9-17(13)21)24-18(25)12-28-19(26)3-2-10-23-20(27)14-4-6-15(22)7-5-14/h4-9,11H,2-3,10,12H2,1H3,(H,23,27)(H,24,25). The van der Waals surface area contributed by atoms with E-state index in [1.165, 1.54) is 0 Å². The highest BCUT2D eigenvalue weighted by atomic mass is 79.9. The largest absolute Gasteiger partial charge is 0.456 e. The van der Waals surface area contributed by atoms with E-state index >= 15 is 0 Å². The van der Waals surface area contributed by atoms with Crippen molar-refractivity contribution in [1.82, 2.24) is 5.32 Å². The quantitative estimate of drug-likeness (QED) is 0.452. The van der Waals surface area contributed by atoms with Gasteiger partial charge in [0.2, 0.25) is 0 Å². The lowest BCUT2D eigenvalue weighted by molar-refractivity contribution is -0.147. The molecule has 0 heterocycles. The second kappa shape index (κ2) is 10.8. The van der Waals surface area contributed by atoms with E-state index in [-0.39, 0.29) is 18.9 Å². The fourth-order valence-corrected chi connectivity index (χ4v) is 2.65. The molecule has 0 saturated carbocycles. The third-order valence-electron chi connectivity index (χ3n) is 3.76. The number of hydrogen-bond acceptors (Lipinski definition) is 4. The molecule has 0 bridgehead atoms. The van der Waals surface area contributed by atoms with Gasteiger partial charge in [-0.2, -0.15) is 0 Å². The molecule has 0 aliphatic rings. The normalized spacial score (nSPS) is 10.2. The summed E-state index contributed by atoms with van der Waals surface area (Å²) in [7, 11) is 0. The van der Waals surface area contributed by atoms with Gasteiger partial charge < -0.3 is 15.4 Å². The number of hydrogen-bond donors (Lipinski definition) is 2. The fourth-order valence-electron chi connectivity index (χ4n) is 2.28. The minimum Gasteiger partial charge on any atom is -0.456 e. The molecule has 0 radical (unpaired) electrons. The van der Waals surface area contributed by atoms with E-state index in [1.54, 1.807) is 30.3 Å². The van der Waals surface area contributed by atoms with Gasteiger partial charge in [0.05, 0.1) is 0 Å². The zero-order chi connectivity index (χ0) is 20.5. The first kappa shape index (κ1) is 21.9. The highest BCUT2D eigenvalue weighted by Crippen LogP contribution is 2.19. The number of halogens is 2. The smallest absolute Gasteiger partial charge is 0.306 e. The Bertz CT molecular complexity index is 856. The van der Waals surface area contributed by atoms with Gasteiger partial charge in [-0.15, -0.1) is 0 Å². The number of anilines is 1. The molecule has 2 aromatic rings. The summed E-state index contributed by atoms with van der Waals surface area (Å²) in [5, 5.41) is 5.93. The molecular formula is C20H20BrClN2O4. The summed E-state index contributed by atoms with van der Waals surface area (Å²) < 4.78 is 5.89. The molecule has 2 amide bonds. The van der Waals surface area contributed by atoms with Crippen LogP contribution in [0.4, 0.5) is 5.69 Å². The van der Waals surface area contributed by atoms with E-state index in [0.29, 0.717) is 29.2 Å². The van der Waals surface area contributed by atoms with Crippen molar-refractivity contribution < 1.29 is 19.1 Å². The van der Waals surface area contributed by atoms with E-state index in [0.717, 1.165) is 10.0 Å². The van der Waals surface area contributed by atoms with Crippen molar-refractivity contribution in [2.45, 2.75) is 19.8 Å². The first-order valence-corrected chi connectivity index (χ1v) is 9.77. The minimum atomic E-state index is -0.497. The Hall–Kier alpha value is -2.38. The number of nitrogens with one attached hydrogen (secondary N) is 2. The summed E-state index contributed by atoms with van der Waals surface area (Å²) >= 11 is 9.16.